The van der Waals surface area contributed by atoms with Gasteiger partial charge in [0.05, 0.1) is 31.0 Å². The van der Waals surface area contributed by atoms with Crippen molar-refractivity contribution in [1.82, 2.24) is 5.43 Å². The van der Waals surface area contributed by atoms with Crippen LogP contribution in [0.5, 0.6) is 5.75 Å². The highest BCUT2D eigenvalue weighted by atomic mass is 35.5. The number of aliphatic hydroxyl groups excluding tert-OH is 1. The van der Waals surface area contributed by atoms with Crippen LogP contribution in [0.25, 0.3) is 0 Å². The van der Waals surface area contributed by atoms with Crippen LogP contribution in [0.1, 0.15) is 12.5 Å². The van der Waals surface area contributed by atoms with E-state index in [0.717, 1.165) is 5.56 Å². The lowest BCUT2D eigenvalue weighted by molar-refractivity contribution is 0.294. The average molecular weight is 243 g/mol. The number of hydrogen-bond acceptors (Lipinski definition) is 4. The van der Waals surface area contributed by atoms with E-state index >= 15 is 0 Å². The van der Waals surface area contributed by atoms with Crippen LogP contribution >= 0.6 is 11.6 Å². The van der Waals surface area contributed by atoms with Gasteiger partial charge < -0.3 is 15.3 Å². The first-order chi connectivity index (χ1) is 7.77. The monoisotopic (exact) mass is 242 g/mol. The van der Waals surface area contributed by atoms with Gasteiger partial charge in [0.2, 0.25) is 0 Å². The first-order valence-electron chi connectivity index (χ1n) is 5.07. The van der Waals surface area contributed by atoms with Crippen molar-refractivity contribution < 1.29 is 9.84 Å². The van der Waals surface area contributed by atoms with Crippen molar-refractivity contribution in [3.05, 3.63) is 28.8 Å². The lowest BCUT2D eigenvalue weighted by Crippen LogP contribution is -2.11. The number of hydrazone groups is 1. The molecule has 4 nitrogen and oxygen atoms in total. The largest absolute Gasteiger partial charge is 0.492 e. The van der Waals surface area contributed by atoms with E-state index < -0.39 is 0 Å². The van der Waals surface area contributed by atoms with Gasteiger partial charge >= 0.3 is 0 Å². The first kappa shape index (κ1) is 12.8. The van der Waals surface area contributed by atoms with Crippen molar-refractivity contribution in [2.24, 2.45) is 5.10 Å². The smallest absolute Gasteiger partial charge is 0.137 e. The maximum absolute atomic E-state index is 8.53. The van der Waals surface area contributed by atoms with Crippen LogP contribution in [0, 0.1) is 0 Å². The van der Waals surface area contributed by atoms with Crippen LogP contribution < -0.4 is 10.2 Å². The van der Waals surface area contributed by atoms with Crippen LogP contribution in [-0.2, 0) is 0 Å². The van der Waals surface area contributed by atoms with Gasteiger partial charge in [-0.25, -0.2) is 0 Å². The van der Waals surface area contributed by atoms with Gasteiger partial charge in [0.1, 0.15) is 5.75 Å². The zero-order valence-electron chi connectivity index (χ0n) is 9.11. The molecular weight excluding hydrogens is 228 g/mol. The number of aliphatic hydroxyl groups is 1. The highest BCUT2D eigenvalue weighted by Gasteiger charge is 2.00. The summed E-state index contributed by atoms with van der Waals surface area (Å²) in [6.45, 7) is 2.98. The van der Waals surface area contributed by atoms with Crippen molar-refractivity contribution in [3.63, 3.8) is 0 Å². The molecule has 1 aromatic carbocycles. The predicted molar refractivity (Wildman–Crippen MR) is 65.3 cm³/mol. The molecule has 1 rings (SSSR count). The quantitative estimate of drug-likeness (QED) is 0.453. The molecule has 0 radical (unpaired) electrons. The van der Waals surface area contributed by atoms with Crippen LogP contribution in [0.15, 0.2) is 23.3 Å². The topological polar surface area (TPSA) is 53.8 Å². The molecule has 0 heterocycles. The zero-order chi connectivity index (χ0) is 11.8. The second-order valence-electron chi connectivity index (χ2n) is 3.01. The number of rotatable bonds is 6. The van der Waals surface area contributed by atoms with Gasteiger partial charge in [0.15, 0.2) is 0 Å². The summed E-state index contributed by atoms with van der Waals surface area (Å²) in [6.07, 6.45) is 1.64. The van der Waals surface area contributed by atoms with Gasteiger partial charge in [-0.15, -0.1) is 0 Å². The third-order valence-electron chi connectivity index (χ3n) is 1.78. The van der Waals surface area contributed by atoms with E-state index in [1.807, 2.05) is 13.0 Å². The van der Waals surface area contributed by atoms with E-state index in [2.05, 4.69) is 10.5 Å². The van der Waals surface area contributed by atoms with E-state index in [0.29, 0.717) is 23.9 Å². The molecule has 0 unspecified atom stereocenters. The van der Waals surface area contributed by atoms with Crippen molar-refractivity contribution in [1.29, 1.82) is 0 Å². The number of halogens is 1. The lowest BCUT2D eigenvalue weighted by atomic mass is 10.2. The molecule has 1 aromatic rings. The van der Waals surface area contributed by atoms with E-state index in [1.54, 1.807) is 18.3 Å². The Labute approximate surface area is 99.9 Å². The summed E-state index contributed by atoms with van der Waals surface area (Å²) in [5.41, 5.74) is 3.56. The molecule has 2 N–H and O–H groups in total. The molecule has 0 bridgehead atoms. The molecule has 0 aliphatic rings. The van der Waals surface area contributed by atoms with Crippen LogP contribution in [-0.4, -0.2) is 31.1 Å². The molecule has 0 spiro atoms. The zero-order valence-corrected chi connectivity index (χ0v) is 9.87. The summed E-state index contributed by atoms with van der Waals surface area (Å²) in [7, 11) is 0. The highest BCUT2D eigenvalue weighted by molar-refractivity contribution is 6.32. The molecular formula is C11H15ClN2O2. The van der Waals surface area contributed by atoms with Crippen LogP contribution in [0.4, 0.5) is 0 Å². The van der Waals surface area contributed by atoms with Gasteiger partial charge in [-0.1, -0.05) is 11.6 Å². The Hall–Kier alpha value is -1.26. The van der Waals surface area contributed by atoms with Crippen molar-refractivity contribution >= 4 is 17.8 Å². The number of nitrogens with one attached hydrogen (secondary N) is 1. The van der Waals surface area contributed by atoms with Crippen LogP contribution in [0.3, 0.4) is 0 Å². The standard InChI is InChI=1S/C11H15ClN2O2/c1-2-16-11-4-3-9(7-10(11)12)8-14-13-5-6-15/h3-4,7-8,13,15H,2,5-6H2,1H3. The average Bonchev–Trinajstić information content (AvgIpc) is 2.28. The third kappa shape index (κ3) is 4.08. The number of nitrogens with zero attached hydrogens (tertiary/aromatic N) is 1. The normalized spacial score (nSPS) is 10.7. The first-order valence-corrected chi connectivity index (χ1v) is 5.45. The second kappa shape index (κ2) is 7.09. The Morgan fingerprint density at radius 3 is 3.00 bits per heavy atom. The molecule has 0 aliphatic heterocycles. The SMILES string of the molecule is CCOc1ccc(C=NNCCO)cc1Cl. The molecule has 16 heavy (non-hydrogen) atoms. The Morgan fingerprint density at radius 2 is 2.38 bits per heavy atom. The predicted octanol–water partition coefficient (Wildman–Crippen LogP) is 1.65. The van der Waals surface area contributed by atoms with Crippen LogP contribution in [0.2, 0.25) is 5.02 Å². The molecule has 0 aromatic heterocycles. The van der Waals surface area contributed by atoms with E-state index in [9.17, 15) is 0 Å². The second-order valence-corrected chi connectivity index (χ2v) is 3.42. The molecule has 0 fully saturated rings. The van der Waals surface area contributed by atoms with E-state index in [4.69, 9.17) is 21.4 Å². The lowest BCUT2D eigenvalue weighted by Gasteiger charge is -2.05. The molecule has 0 amide bonds. The molecule has 5 heteroatoms. The van der Waals surface area contributed by atoms with E-state index in [-0.39, 0.29) is 6.61 Å². The van der Waals surface area contributed by atoms with Gasteiger partial charge in [-0.2, -0.15) is 5.10 Å². The summed E-state index contributed by atoms with van der Waals surface area (Å²) in [6, 6.07) is 5.44. The Kier molecular flexibility index (Phi) is 5.67. The summed E-state index contributed by atoms with van der Waals surface area (Å²) in [5.74, 6) is 0.671. The molecule has 0 aliphatic carbocycles. The number of hydrogen-bond donors (Lipinski definition) is 2. The minimum atomic E-state index is 0.0569. The fourth-order valence-corrected chi connectivity index (χ4v) is 1.35. The van der Waals surface area contributed by atoms with Gasteiger partial charge in [0, 0.05) is 0 Å². The Balaban J connectivity index is 2.62. The van der Waals surface area contributed by atoms with Crippen molar-refractivity contribution in [3.8, 4) is 5.75 Å². The molecule has 88 valence electrons. The summed E-state index contributed by atoms with van der Waals surface area (Å²) >= 11 is 6.00. The fourth-order valence-electron chi connectivity index (χ4n) is 1.10. The maximum atomic E-state index is 8.53. The molecule has 0 saturated heterocycles. The molecule has 0 saturated carbocycles. The maximum Gasteiger partial charge on any atom is 0.137 e. The minimum absolute atomic E-state index is 0.0569. The van der Waals surface area contributed by atoms with E-state index in [1.165, 1.54) is 0 Å². The summed E-state index contributed by atoms with van der Waals surface area (Å²) in [4.78, 5) is 0. The van der Waals surface area contributed by atoms with Gasteiger partial charge in [0.25, 0.3) is 0 Å². The fraction of sp³-hybridized carbons (Fsp3) is 0.364. The molecule has 0 atom stereocenters. The van der Waals surface area contributed by atoms with Gasteiger partial charge in [-0.05, 0) is 30.7 Å². The van der Waals surface area contributed by atoms with Crippen molar-refractivity contribution in [2.75, 3.05) is 19.8 Å². The Bertz CT molecular complexity index is 356. The number of benzene rings is 1. The van der Waals surface area contributed by atoms with Gasteiger partial charge in [-0.3, -0.25) is 0 Å². The number of ether oxygens (including phenoxy) is 1. The van der Waals surface area contributed by atoms with Crippen molar-refractivity contribution in [2.45, 2.75) is 6.92 Å². The third-order valence-corrected chi connectivity index (χ3v) is 2.08. The Morgan fingerprint density at radius 1 is 1.56 bits per heavy atom. The highest BCUT2D eigenvalue weighted by Crippen LogP contribution is 2.24. The minimum Gasteiger partial charge on any atom is -0.492 e. The summed E-state index contributed by atoms with van der Waals surface area (Å²) in [5, 5.41) is 13.0. The summed E-state index contributed by atoms with van der Waals surface area (Å²) < 4.78 is 5.31.